The van der Waals surface area contributed by atoms with E-state index >= 15 is 0 Å². The Labute approximate surface area is 213 Å². The molecule has 0 bridgehead atoms. The number of rotatable bonds is 22. The van der Waals surface area contributed by atoms with Crippen molar-refractivity contribution in [2.24, 2.45) is 0 Å². The monoisotopic (exact) mass is 484 g/mol. The number of carbonyl (C=O) groups excluding carboxylic acids is 2. The lowest BCUT2D eigenvalue weighted by molar-refractivity contribution is -0.121. The van der Waals surface area contributed by atoms with Crippen LogP contribution in [0.15, 0.2) is 72.9 Å². The molecule has 0 unspecified atom stereocenters. The average Bonchev–Trinajstić information content (AvgIpc) is 2.85. The molecule has 0 aromatic carbocycles. The van der Waals surface area contributed by atoms with Crippen LogP contribution in [-0.4, -0.2) is 51.6 Å². The second kappa shape index (κ2) is 27.5. The predicted octanol–water partition coefficient (Wildman–Crippen LogP) is 4.51. The van der Waals surface area contributed by atoms with E-state index < -0.39 is 0 Å². The summed E-state index contributed by atoms with van der Waals surface area (Å²) >= 11 is 0. The summed E-state index contributed by atoms with van der Waals surface area (Å²) in [6.45, 7) is 5.02. The Balaban J connectivity index is 3.53. The maximum absolute atomic E-state index is 11.8. The fourth-order valence-electron chi connectivity index (χ4n) is 2.87. The van der Waals surface area contributed by atoms with E-state index in [2.05, 4.69) is 101 Å². The number of amides is 2. The Bertz CT molecular complexity index is 691. The van der Waals surface area contributed by atoms with E-state index in [-0.39, 0.29) is 11.8 Å². The van der Waals surface area contributed by atoms with E-state index in [1.165, 1.54) is 0 Å². The predicted molar refractivity (Wildman–Crippen MR) is 150 cm³/mol. The Morgan fingerprint density at radius 2 is 1.00 bits per heavy atom. The van der Waals surface area contributed by atoms with Gasteiger partial charge in [0.25, 0.3) is 0 Å². The quantitative estimate of drug-likeness (QED) is 0.135. The number of hydrogen-bond acceptors (Lipinski definition) is 4. The molecule has 0 saturated heterocycles. The molecule has 0 aromatic rings. The fourth-order valence-corrected chi connectivity index (χ4v) is 2.87. The molecule has 0 aliphatic carbocycles. The van der Waals surface area contributed by atoms with Crippen molar-refractivity contribution in [1.82, 2.24) is 21.3 Å². The molecule has 0 aliphatic heterocycles. The van der Waals surface area contributed by atoms with Gasteiger partial charge in [0.15, 0.2) is 0 Å². The van der Waals surface area contributed by atoms with Gasteiger partial charge in [-0.15, -0.1) is 0 Å². The van der Waals surface area contributed by atoms with Crippen LogP contribution in [0.2, 0.25) is 0 Å². The van der Waals surface area contributed by atoms with Crippen LogP contribution in [0.1, 0.15) is 58.3 Å². The first-order valence-electron chi connectivity index (χ1n) is 13.0. The van der Waals surface area contributed by atoms with Gasteiger partial charge in [-0.05, 0) is 52.0 Å². The normalized spacial score (nSPS) is 12.4. The van der Waals surface area contributed by atoms with Crippen LogP contribution in [0.25, 0.3) is 0 Å². The van der Waals surface area contributed by atoms with Gasteiger partial charge in [0.2, 0.25) is 11.8 Å². The fraction of sp³-hybridized carbons (Fsp3) is 0.517. The summed E-state index contributed by atoms with van der Waals surface area (Å²) in [5.41, 5.74) is 0. The highest BCUT2D eigenvalue weighted by atomic mass is 16.2. The second-order valence-corrected chi connectivity index (χ2v) is 7.93. The molecule has 0 saturated carbocycles. The molecule has 6 heteroatoms. The first-order chi connectivity index (χ1) is 17.2. The number of hydrogen-bond donors (Lipinski definition) is 4. The van der Waals surface area contributed by atoms with E-state index in [9.17, 15) is 9.59 Å². The maximum atomic E-state index is 11.8. The molecule has 0 rings (SSSR count). The number of likely N-dealkylation sites (N-methyl/N-ethyl adjacent to an activating group) is 1. The molecule has 196 valence electrons. The van der Waals surface area contributed by atoms with Crippen molar-refractivity contribution in [3.05, 3.63) is 72.9 Å². The third-order valence-corrected chi connectivity index (χ3v) is 4.72. The highest BCUT2D eigenvalue weighted by Crippen LogP contribution is 1.97. The van der Waals surface area contributed by atoms with Crippen LogP contribution < -0.4 is 21.3 Å². The third-order valence-electron chi connectivity index (χ3n) is 4.72. The van der Waals surface area contributed by atoms with Gasteiger partial charge in [-0.2, -0.15) is 0 Å². The summed E-state index contributed by atoms with van der Waals surface area (Å²) < 4.78 is 0. The zero-order valence-corrected chi connectivity index (χ0v) is 21.9. The topological polar surface area (TPSA) is 82.3 Å². The van der Waals surface area contributed by atoms with Crippen molar-refractivity contribution in [3.63, 3.8) is 0 Å². The Morgan fingerprint density at radius 1 is 0.571 bits per heavy atom. The SMILES string of the molecule is CC/C=C\C/C=C\C/C=C\C/C=C\C/C=C\C/C=C\CCC(=O)NCCNCCNC(=O)CNC. The van der Waals surface area contributed by atoms with Gasteiger partial charge in [0.05, 0.1) is 6.54 Å². The minimum absolute atomic E-state index is 0.0167. The van der Waals surface area contributed by atoms with Crippen LogP contribution >= 0.6 is 0 Å². The lowest BCUT2D eigenvalue weighted by Crippen LogP contribution is -2.38. The molecule has 35 heavy (non-hydrogen) atoms. The molecule has 0 aliphatic rings. The highest BCUT2D eigenvalue weighted by molar-refractivity contribution is 5.77. The van der Waals surface area contributed by atoms with Crippen LogP contribution in [0.4, 0.5) is 0 Å². The largest absolute Gasteiger partial charge is 0.355 e. The summed E-state index contributed by atoms with van der Waals surface area (Å²) in [4.78, 5) is 23.1. The van der Waals surface area contributed by atoms with Crippen LogP contribution in [0.5, 0.6) is 0 Å². The molecular weight excluding hydrogens is 436 g/mol. The van der Waals surface area contributed by atoms with Crippen molar-refractivity contribution in [2.75, 3.05) is 39.8 Å². The first kappa shape index (κ1) is 32.3. The van der Waals surface area contributed by atoms with Gasteiger partial charge >= 0.3 is 0 Å². The third kappa shape index (κ3) is 27.4. The zero-order valence-electron chi connectivity index (χ0n) is 21.9. The smallest absolute Gasteiger partial charge is 0.233 e. The summed E-state index contributed by atoms with van der Waals surface area (Å²) in [7, 11) is 1.74. The minimum atomic E-state index is -0.0167. The van der Waals surface area contributed by atoms with Crippen molar-refractivity contribution in [2.45, 2.75) is 58.3 Å². The van der Waals surface area contributed by atoms with Gasteiger partial charge in [-0.3, -0.25) is 9.59 Å². The molecule has 0 atom stereocenters. The van der Waals surface area contributed by atoms with E-state index in [1.807, 2.05) is 0 Å². The first-order valence-corrected chi connectivity index (χ1v) is 13.0. The molecule has 6 nitrogen and oxygen atoms in total. The van der Waals surface area contributed by atoms with Gasteiger partial charge < -0.3 is 21.3 Å². The molecule has 0 spiro atoms. The standard InChI is InChI=1S/C29H48N4O2/c1-3-4-5-6-7-8-9-10-11-12-13-14-15-16-17-18-19-20-21-22-28(34)32-25-23-31-24-26-33-29(35)27-30-2/h4-5,7-8,10-11,13-14,16-17,19-20,30-31H,3,6,9,12,15,18,21-27H2,1-2H3,(H,32,34)(H,33,35)/b5-4-,8-7-,11-10-,14-13-,17-16-,20-19-. The van der Waals surface area contributed by atoms with Crippen molar-refractivity contribution in [3.8, 4) is 0 Å². The second-order valence-electron chi connectivity index (χ2n) is 7.93. The van der Waals surface area contributed by atoms with Crippen LogP contribution in [-0.2, 0) is 9.59 Å². The minimum Gasteiger partial charge on any atom is -0.355 e. The van der Waals surface area contributed by atoms with Crippen molar-refractivity contribution in [1.29, 1.82) is 0 Å². The summed E-state index contributed by atoms with van der Waals surface area (Å²) in [6.07, 6.45) is 33.3. The van der Waals surface area contributed by atoms with E-state index in [4.69, 9.17) is 0 Å². The van der Waals surface area contributed by atoms with Gasteiger partial charge in [-0.25, -0.2) is 0 Å². The Hall–Kier alpha value is -2.70. The van der Waals surface area contributed by atoms with E-state index in [1.54, 1.807) is 7.05 Å². The highest BCUT2D eigenvalue weighted by Gasteiger charge is 1.99. The summed E-state index contributed by atoms with van der Waals surface area (Å²) in [5, 5.41) is 11.7. The van der Waals surface area contributed by atoms with Gasteiger partial charge in [0, 0.05) is 32.6 Å². The van der Waals surface area contributed by atoms with Crippen molar-refractivity contribution < 1.29 is 9.59 Å². The average molecular weight is 485 g/mol. The van der Waals surface area contributed by atoms with Gasteiger partial charge in [-0.1, -0.05) is 79.8 Å². The molecular formula is C29H48N4O2. The maximum Gasteiger partial charge on any atom is 0.233 e. The molecule has 0 aromatic heterocycles. The molecule has 0 fully saturated rings. The van der Waals surface area contributed by atoms with Crippen molar-refractivity contribution >= 4 is 11.8 Å². The molecule has 0 heterocycles. The van der Waals surface area contributed by atoms with Crippen LogP contribution in [0.3, 0.4) is 0 Å². The lowest BCUT2D eigenvalue weighted by Gasteiger charge is -2.07. The zero-order chi connectivity index (χ0) is 25.7. The number of allylic oxidation sites excluding steroid dienone is 12. The number of carbonyl (C=O) groups is 2. The lowest BCUT2D eigenvalue weighted by atomic mass is 10.2. The van der Waals surface area contributed by atoms with E-state index in [0.29, 0.717) is 39.1 Å². The molecule has 0 radical (unpaired) electrons. The van der Waals surface area contributed by atoms with E-state index in [0.717, 1.165) is 44.9 Å². The Morgan fingerprint density at radius 3 is 1.46 bits per heavy atom. The van der Waals surface area contributed by atoms with Gasteiger partial charge in [0.1, 0.15) is 0 Å². The Kier molecular flexibility index (Phi) is 25.4. The summed E-state index contributed by atoms with van der Waals surface area (Å²) in [6, 6.07) is 0. The number of nitrogens with one attached hydrogen (secondary N) is 4. The molecule has 2 amide bonds. The summed E-state index contributed by atoms with van der Waals surface area (Å²) in [5.74, 6) is 0.0469. The van der Waals surface area contributed by atoms with Crippen LogP contribution in [0, 0.1) is 0 Å². The molecule has 4 N–H and O–H groups in total.